The molecule has 2 rings (SSSR count). The van der Waals surface area contributed by atoms with E-state index in [1.165, 1.54) is 12.1 Å². The summed E-state index contributed by atoms with van der Waals surface area (Å²) in [4.78, 5) is -0.139. The Bertz CT molecular complexity index is 752. The molecule has 6 heteroatoms. The van der Waals surface area contributed by atoms with Crippen molar-refractivity contribution in [2.75, 3.05) is 5.73 Å². The largest absolute Gasteiger partial charge is 0.399 e. The summed E-state index contributed by atoms with van der Waals surface area (Å²) in [5, 5.41) is 0.538. The van der Waals surface area contributed by atoms with Gasteiger partial charge in [0.1, 0.15) is 0 Å². The number of nitrogens with two attached hydrogens (primary N) is 1. The van der Waals surface area contributed by atoms with Crippen molar-refractivity contribution in [3.05, 3.63) is 58.6 Å². The molecule has 2 aromatic carbocycles. The van der Waals surface area contributed by atoms with E-state index in [0.717, 1.165) is 11.1 Å². The Morgan fingerprint density at radius 1 is 1.05 bits per heavy atom. The molecule has 0 saturated carbocycles. The second kappa shape index (κ2) is 5.66. The second-order valence-corrected chi connectivity index (χ2v) is 5.99. The number of hydrogen-bond acceptors (Lipinski definition) is 3. The Kier molecular flexibility index (Phi) is 4.13. The lowest BCUT2D eigenvalue weighted by atomic mass is 10.1. The van der Waals surface area contributed by atoms with E-state index >= 15 is 0 Å². The zero-order valence-corrected chi connectivity index (χ0v) is 11.9. The van der Waals surface area contributed by atoms with Crippen LogP contribution in [-0.2, 0) is 10.1 Å². The summed E-state index contributed by atoms with van der Waals surface area (Å²) in [6, 6.07) is 11.0. The standard InChI is InChI=1S/C14H12ClNO3S/c15-14-9-12(16)6-5-11(14)4-1-10-2-7-13(8-3-10)20(17,18)19/h1-9H,16H2,(H,17,18,19). The average Bonchev–Trinajstić information content (AvgIpc) is 2.37. The number of hydrogen-bond donors (Lipinski definition) is 2. The van der Waals surface area contributed by atoms with Gasteiger partial charge in [-0.25, -0.2) is 0 Å². The fourth-order valence-corrected chi connectivity index (χ4v) is 2.35. The van der Waals surface area contributed by atoms with Crippen LogP contribution in [0.4, 0.5) is 5.69 Å². The first-order chi connectivity index (χ1) is 9.36. The lowest BCUT2D eigenvalue weighted by molar-refractivity contribution is 0.483. The van der Waals surface area contributed by atoms with E-state index in [1.54, 1.807) is 42.5 Å². The Hall–Kier alpha value is -1.82. The van der Waals surface area contributed by atoms with Crippen LogP contribution in [-0.4, -0.2) is 13.0 Å². The molecule has 3 N–H and O–H groups in total. The predicted molar refractivity (Wildman–Crippen MR) is 81.0 cm³/mol. The third kappa shape index (κ3) is 3.60. The van der Waals surface area contributed by atoms with E-state index in [9.17, 15) is 8.42 Å². The average molecular weight is 310 g/mol. The van der Waals surface area contributed by atoms with E-state index in [2.05, 4.69) is 0 Å². The van der Waals surface area contributed by atoms with Crippen molar-refractivity contribution in [3.8, 4) is 0 Å². The highest BCUT2D eigenvalue weighted by atomic mass is 35.5. The molecule has 104 valence electrons. The first kappa shape index (κ1) is 14.6. The molecule has 0 atom stereocenters. The molecule has 4 nitrogen and oxygen atoms in total. The molecule has 0 aliphatic heterocycles. The van der Waals surface area contributed by atoms with Crippen molar-refractivity contribution < 1.29 is 13.0 Å². The van der Waals surface area contributed by atoms with E-state index in [1.807, 2.05) is 0 Å². The molecule has 0 bridgehead atoms. The zero-order valence-electron chi connectivity index (χ0n) is 10.3. The lowest BCUT2D eigenvalue weighted by Crippen LogP contribution is -1.97. The van der Waals surface area contributed by atoms with Crippen LogP contribution in [0.2, 0.25) is 5.02 Å². The van der Waals surface area contributed by atoms with Crippen molar-refractivity contribution >= 4 is 39.6 Å². The molecule has 0 aliphatic carbocycles. The maximum Gasteiger partial charge on any atom is 0.294 e. The predicted octanol–water partition coefficient (Wildman–Crippen LogP) is 3.34. The number of rotatable bonds is 3. The van der Waals surface area contributed by atoms with Gasteiger partial charge in [-0.15, -0.1) is 0 Å². The topological polar surface area (TPSA) is 80.4 Å². The lowest BCUT2D eigenvalue weighted by Gasteiger charge is -2.00. The first-order valence-corrected chi connectivity index (χ1v) is 7.49. The van der Waals surface area contributed by atoms with Gasteiger partial charge in [-0.3, -0.25) is 4.55 Å². The van der Waals surface area contributed by atoms with Crippen molar-refractivity contribution in [2.24, 2.45) is 0 Å². The minimum atomic E-state index is -4.16. The quantitative estimate of drug-likeness (QED) is 0.517. The fraction of sp³-hybridized carbons (Fsp3) is 0. The molecule has 0 fully saturated rings. The van der Waals surface area contributed by atoms with Gasteiger partial charge >= 0.3 is 0 Å². The van der Waals surface area contributed by atoms with E-state index < -0.39 is 10.1 Å². The molecular formula is C14H12ClNO3S. The zero-order chi connectivity index (χ0) is 14.8. The van der Waals surface area contributed by atoms with E-state index in [4.69, 9.17) is 21.9 Å². The fourth-order valence-electron chi connectivity index (χ4n) is 1.62. The maximum absolute atomic E-state index is 10.9. The van der Waals surface area contributed by atoms with Crippen LogP contribution in [0.3, 0.4) is 0 Å². The van der Waals surface area contributed by atoms with Gasteiger partial charge in [0.15, 0.2) is 0 Å². The van der Waals surface area contributed by atoms with Gasteiger partial charge in [-0.1, -0.05) is 42.0 Å². The first-order valence-electron chi connectivity index (χ1n) is 5.67. The van der Waals surface area contributed by atoms with Crippen molar-refractivity contribution in [1.29, 1.82) is 0 Å². The van der Waals surface area contributed by atoms with Crippen LogP contribution in [0.15, 0.2) is 47.4 Å². The third-order valence-corrected chi connectivity index (χ3v) is 3.85. The van der Waals surface area contributed by atoms with Gasteiger partial charge in [0.05, 0.1) is 4.90 Å². The van der Waals surface area contributed by atoms with Crippen molar-refractivity contribution in [3.63, 3.8) is 0 Å². The minimum absolute atomic E-state index is 0.139. The highest BCUT2D eigenvalue weighted by molar-refractivity contribution is 7.85. The van der Waals surface area contributed by atoms with Crippen LogP contribution in [0, 0.1) is 0 Å². The van der Waals surface area contributed by atoms with Crippen LogP contribution in [0.5, 0.6) is 0 Å². The molecule has 0 unspecified atom stereocenters. The Labute approximate surface area is 122 Å². The highest BCUT2D eigenvalue weighted by Gasteiger charge is 2.07. The molecule has 0 aliphatic rings. The number of anilines is 1. The monoisotopic (exact) mass is 309 g/mol. The van der Waals surface area contributed by atoms with E-state index in [0.29, 0.717) is 10.7 Å². The Morgan fingerprint density at radius 2 is 1.70 bits per heavy atom. The summed E-state index contributed by atoms with van der Waals surface area (Å²) < 4.78 is 30.7. The summed E-state index contributed by atoms with van der Waals surface area (Å²) in [6.07, 6.45) is 3.58. The molecule has 0 amide bonds. The summed E-state index contributed by atoms with van der Waals surface area (Å²) in [6.45, 7) is 0. The van der Waals surface area contributed by atoms with Gasteiger partial charge < -0.3 is 5.73 Å². The molecule has 20 heavy (non-hydrogen) atoms. The minimum Gasteiger partial charge on any atom is -0.399 e. The smallest absolute Gasteiger partial charge is 0.294 e. The van der Waals surface area contributed by atoms with Gasteiger partial charge in [0.25, 0.3) is 10.1 Å². The Morgan fingerprint density at radius 3 is 2.25 bits per heavy atom. The van der Waals surface area contributed by atoms with Crippen molar-refractivity contribution in [1.82, 2.24) is 0 Å². The number of benzene rings is 2. The number of halogens is 1. The molecule has 0 aromatic heterocycles. The maximum atomic E-state index is 10.9. The van der Waals surface area contributed by atoms with Crippen LogP contribution >= 0.6 is 11.6 Å². The molecule has 0 saturated heterocycles. The number of nitrogen functional groups attached to an aromatic ring is 1. The molecule has 0 heterocycles. The SMILES string of the molecule is Nc1ccc(C=Cc2ccc(S(=O)(=O)O)cc2)c(Cl)c1. The molecular weight excluding hydrogens is 298 g/mol. The van der Waals surface area contributed by atoms with Crippen molar-refractivity contribution in [2.45, 2.75) is 4.90 Å². The van der Waals surface area contributed by atoms with E-state index in [-0.39, 0.29) is 4.90 Å². The van der Waals surface area contributed by atoms with Crippen LogP contribution in [0.1, 0.15) is 11.1 Å². The van der Waals surface area contributed by atoms with Gasteiger partial charge in [0.2, 0.25) is 0 Å². The molecule has 0 radical (unpaired) electrons. The van der Waals surface area contributed by atoms with Gasteiger partial charge in [0, 0.05) is 10.7 Å². The summed E-state index contributed by atoms with van der Waals surface area (Å²) in [5.41, 5.74) is 7.78. The summed E-state index contributed by atoms with van der Waals surface area (Å²) in [5.74, 6) is 0. The summed E-state index contributed by atoms with van der Waals surface area (Å²) in [7, 11) is -4.16. The van der Waals surface area contributed by atoms with Gasteiger partial charge in [-0.2, -0.15) is 8.42 Å². The second-order valence-electron chi connectivity index (χ2n) is 4.16. The highest BCUT2D eigenvalue weighted by Crippen LogP contribution is 2.21. The van der Waals surface area contributed by atoms with Gasteiger partial charge in [-0.05, 0) is 35.4 Å². The Balaban J connectivity index is 2.24. The molecule has 2 aromatic rings. The normalized spacial score (nSPS) is 11.9. The molecule has 0 spiro atoms. The summed E-state index contributed by atoms with van der Waals surface area (Å²) >= 11 is 6.04. The third-order valence-electron chi connectivity index (χ3n) is 2.66. The van der Waals surface area contributed by atoms with Crippen LogP contribution in [0.25, 0.3) is 12.2 Å². The van der Waals surface area contributed by atoms with Crippen LogP contribution < -0.4 is 5.73 Å².